The van der Waals surface area contributed by atoms with E-state index in [0.717, 1.165) is 4.47 Å². The Morgan fingerprint density at radius 1 is 1.50 bits per heavy atom. The van der Waals surface area contributed by atoms with Crippen molar-refractivity contribution >= 4 is 37.6 Å². The monoisotopic (exact) mass is 355 g/mol. The number of ether oxygens (including phenoxy) is 1. The van der Waals surface area contributed by atoms with E-state index in [-0.39, 0.29) is 16.0 Å². The van der Waals surface area contributed by atoms with Crippen LogP contribution in [0.15, 0.2) is 27.6 Å². The second-order valence-corrected chi connectivity index (χ2v) is 6.76. The van der Waals surface area contributed by atoms with Crippen LogP contribution in [0.4, 0.5) is 0 Å². The minimum Gasteiger partial charge on any atom is -0.380 e. The van der Waals surface area contributed by atoms with Crippen LogP contribution in [0.5, 0.6) is 0 Å². The number of nitrogens with one attached hydrogen (secondary N) is 1. The van der Waals surface area contributed by atoms with Crippen molar-refractivity contribution in [1.29, 1.82) is 0 Å². The van der Waals surface area contributed by atoms with Crippen molar-refractivity contribution in [3.8, 4) is 0 Å². The molecule has 0 aliphatic carbocycles. The molecule has 0 aromatic heterocycles. The summed E-state index contributed by atoms with van der Waals surface area (Å²) in [4.78, 5) is 0.0655. The second-order valence-electron chi connectivity index (χ2n) is 3.76. The van der Waals surface area contributed by atoms with E-state index >= 15 is 0 Å². The van der Waals surface area contributed by atoms with Crippen molar-refractivity contribution in [2.75, 3.05) is 13.2 Å². The van der Waals surface area contributed by atoms with Gasteiger partial charge in [-0.25, -0.2) is 13.1 Å². The Morgan fingerprint density at radius 3 is 2.72 bits per heavy atom. The first-order chi connectivity index (χ1) is 8.36. The highest BCUT2D eigenvalue weighted by atomic mass is 79.9. The van der Waals surface area contributed by atoms with Crippen molar-refractivity contribution in [2.45, 2.75) is 24.8 Å². The number of rotatable bonds is 6. The quantitative estimate of drug-likeness (QED) is 0.852. The molecule has 102 valence electrons. The molecule has 0 radical (unpaired) electrons. The van der Waals surface area contributed by atoms with Crippen LogP contribution in [0.3, 0.4) is 0 Å². The van der Waals surface area contributed by atoms with E-state index < -0.39 is 10.0 Å². The smallest absolute Gasteiger partial charge is 0.242 e. The van der Waals surface area contributed by atoms with Gasteiger partial charge < -0.3 is 4.74 Å². The minimum atomic E-state index is -3.62. The molecule has 4 nitrogen and oxygen atoms in total. The molecule has 1 atom stereocenters. The average Bonchev–Trinajstić information content (AvgIpc) is 2.25. The first-order valence-corrected chi connectivity index (χ1v) is 8.07. The standard InChI is InChI=1S/C11H15BrClNO3S/c1-3-17-7-8(2)14-18(15,16)11-5-4-9(12)6-10(11)13/h4-6,8,14H,3,7H2,1-2H3. The van der Waals surface area contributed by atoms with Crippen LogP contribution in [-0.4, -0.2) is 27.7 Å². The van der Waals surface area contributed by atoms with Crippen LogP contribution in [0, 0.1) is 0 Å². The fourth-order valence-electron chi connectivity index (χ4n) is 1.35. The van der Waals surface area contributed by atoms with Gasteiger partial charge in [0.25, 0.3) is 0 Å². The maximum atomic E-state index is 12.1. The Hall–Kier alpha value is -0.140. The molecule has 0 fully saturated rings. The summed E-state index contributed by atoms with van der Waals surface area (Å²) in [6.45, 7) is 4.46. The molecular formula is C11H15BrClNO3S. The Morgan fingerprint density at radius 2 is 2.17 bits per heavy atom. The average molecular weight is 357 g/mol. The molecule has 1 aromatic rings. The zero-order valence-corrected chi connectivity index (χ0v) is 13.3. The summed E-state index contributed by atoms with van der Waals surface area (Å²) in [5.74, 6) is 0. The zero-order chi connectivity index (χ0) is 13.8. The van der Waals surface area contributed by atoms with E-state index in [0.29, 0.717) is 13.2 Å². The highest BCUT2D eigenvalue weighted by Crippen LogP contribution is 2.25. The Labute approximate surface area is 121 Å². The van der Waals surface area contributed by atoms with Crippen LogP contribution in [-0.2, 0) is 14.8 Å². The third kappa shape index (κ3) is 4.51. The summed E-state index contributed by atoms with van der Waals surface area (Å²) < 4.78 is 32.5. The van der Waals surface area contributed by atoms with Crippen LogP contribution >= 0.6 is 27.5 Å². The Kier molecular flexibility index (Phi) is 6.07. The lowest BCUT2D eigenvalue weighted by atomic mass is 10.4. The van der Waals surface area contributed by atoms with Gasteiger partial charge in [-0.15, -0.1) is 0 Å². The Bertz CT molecular complexity index is 507. The summed E-state index contributed by atoms with van der Waals surface area (Å²) in [6.07, 6.45) is 0. The molecule has 0 aliphatic rings. The van der Waals surface area contributed by atoms with E-state index in [1.807, 2.05) is 6.92 Å². The molecular weight excluding hydrogens is 342 g/mol. The molecule has 7 heteroatoms. The van der Waals surface area contributed by atoms with Crippen LogP contribution < -0.4 is 4.72 Å². The van der Waals surface area contributed by atoms with Crippen molar-refractivity contribution in [1.82, 2.24) is 4.72 Å². The van der Waals surface area contributed by atoms with Gasteiger partial charge in [0, 0.05) is 17.1 Å². The van der Waals surface area contributed by atoms with Crippen molar-refractivity contribution in [3.63, 3.8) is 0 Å². The lowest BCUT2D eigenvalue weighted by Crippen LogP contribution is -2.36. The van der Waals surface area contributed by atoms with Crippen molar-refractivity contribution < 1.29 is 13.2 Å². The summed E-state index contributed by atoms with van der Waals surface area (Å²) in [6, 6.07) is 4.33. The summed E-state index contributed by atoms with van der Waals surface area (Å²) in [5.41, 5.74) is 0. The first-order valence-electron chi connectivity index (χ1n) is 5.42. The topological polar surface area (TPSA) is 55.4 Å². The lowest BCUT2D eigenvalue weighted by molar-refractivity contribution is 0.133. The predicted octanol–water partition coefficient (Wildman–Crippen LogP) is 2.81. The van der Waals surface area contributed by atoms with Crippen LogP contribution in [0.2, 0.25) is 5.02 Å². The Balaban J connectivity index is 2.86. The largest absolute Gasteiger partial charge is 0.380 e. The maximum absolute atomic E-state index is 12.1. The van der Waals surface area contributed by atoms with Gasteiger partial charge in [0.15, 0.2) is 0 Å². The number of sulfonamides is 1. The van der Waals surface area contributed by atoms with Gasteiger partial charge >= 0.3 is 0 Å². The molecule has 0 amide bonds. The van der Waals surface area contributed by atoms with Gasteiger partial charge in [0.05, 0.1) is 11.6 Å². The molecule has 0 spiro atoms. The van der Waals surface area contributed by atoms with E-state index in [2.05, 4.69) is 20.7 Å². The SMILES string of the molecule is CCOCC(C)NS(=O)(=O)c1ccc(Br)cc1Cl. The highest BCUT2D eigenvalue weighted by Gasteiger charge is 2.20. The molecule has 0 aliphatic heterocycles. The zero-order valence-electron chi connectivity index (χ0n) is 10.1. The van der Waals surface area contributed by atoms with Gasteiger partial charge in [-0.3, -0.25) is 0 Å². The molecule has 1 rings (SSSR count). The van der Waals surface area contributed by atoms with Gasteiger partial charge in [-0.1, -0.05) is 27.5 Å². The number of halogens is 2. The third-order valence-corrected chi connectivity index (χ3v) is 4.68. The molecule has 0 saturated carbocycles. The summed E-state index contributed by atoms with van der Waals surface area (Å²) >= 11 is 9.15. The van der Waals surface area contributed by atoms with Crippen LogP contribution in [0.1, 0.15) is 13.8 Å². The number of hydrogen-bond donors (Lipinski definition) is 1. The van der Waals surface area contributed by atoms with Crippen molar-refractivity contribution in [3.05, 3.63) is 27.7 Å². The van der Waals surface area contributed by atoms with Gasteiger partial charge in [0.1, 0.15) is 4.90 Å². The second kappa shape index (κ2) is 6.86. The van der Waals surface area contributed by atoms with E-state index in [1.54, 1.807) is 19.1 Å². The summed E-state index contributed by atoms with van der Waals surface area (Å²) in [5, 5.41) is 0.181. The highest BCUT2D eigenvalue weighted by molar-refractivity contribution is 9.10. The fraction of sp³-hybridized carbons (Fsp3) is 0.455. The summed E-state index contributed by atoms with van der Waals surface area (Å²) in [7, 11) is -3.62. The number of hydrogen-bond acceptors (Lipinski definition) is 3. The van der Waals surface area contributed by atoms with Gasteiger partial charge in [-0.2, -0.15) is 0 Å². The minimum absolute atomic E-state index is 0.0655. The van der Waals surface area contributed by atoms with Crippen molar-refractivity contribution in [2.24, 2.45) is 0 Å². The van der Waals surface area contributed by atoms with E-state index in [9.17, 15) is 8.42 Å². The molecule has 0 bridgehead atoms. The normalized spacial score (nSPS) is 13.6. The van der Waals surface area contributed by atoms with E-state index in [1.165, 1.54) is 6.07 Å². The molecule has 0 saturated heterocycles. The van der Waals surface area contributed by atoms with Crippen LogP contribution in [0.25, 0.3) is 0 Å². The van der Waals surface area contributed by atoms with Gasteiger partial charge in [0.2, 0.25) is 10.0 Å². The molecule has 1 aromatic carbocycles. The predicted molar refractivity (Wildman–Crippen MR) is 75.4 cm³/mol. The fourth-order valence-corrected chi connectivity index (χ4v) is 3.62. The first kappa shape index (κ1) is 15.9. The lowest BCUT2D eigenvalue weighted by Gasteiger charge is -2.14. The molecule has 1 unspecified atom stereocenters. The third-order valence-electron chi connectivity index (χ3n) is 2.11. The molecule has 1 N–H and O–H groups in total. The molecule has 0 heterocycles. The van der Waals surface area contributed by atoms with Gasteiger partial charge in [-0.05, 0) is 32.0 Å². The molecule has 18 heavy (non-hydrogen) atoms. The van der Waals surface area contributed by atoms with E-state index in [4.69, 9.17) is 16.3 Å². The number of benzene rings is 1. The maximum Gasteiger partial charge on any atom is 0.242 e.